The van der Waals surface area contributed by atoms with Crippen molar-refractivity contribution in [1.82, 2.24) is 19.6 Å². The molecule has 2 aliphatic rings. The Morgan fingerprint density at radius 1 is 1.23 bits per heavy atom. The zero-order chi connectivity index (χ0) is 25.2. The molecule has 0 aliphatic heterocycles. The summed E-state index contributed by atoms with van der Waals surface area (Å²) in [4.78, 5) is 26.9. The molecule has 35 heavy (non-hydrogen) atoms. The predicted molar refractivity (Wildman–Crippen MR) is 134 cm³/mol. The van der Waals surface area contributed by atoms with E-state index in [1.807, 2.05) is 0 Å². The van der Waals surface area contributed by atoms with Crippen molar-refractivity contribution in [2.24, 2.45) is 5.92 Å². The van der Waals surface area contributed by atoms with Crippen LogP contribution in [0.2, 0.25) is 5.02 Å². The second-order valence-electron chi connectivity index (χ2n) is 10.6. The molecule has 4 rings (SSSR count). The van der Waals surface area contributed by atoms with Gasteiger partial charge in [-0.15, -0.1) is 5.10 Å². The molecule has 2 aliphatic carbocycles. The topological polar surface area (TPSA) is 111 Å². The number of hydrogen-bond donors (Lipinski definition) is 2. The maximum atomic E-state index is 13.5. The molecule has 1 unspecified atom stereocenters. The van der Waals surface area contributed by atoms with Gasteiger partial charge in [0.1, 0.15) is 11.1 Å². The number of methoxy groups -OCH3 is 1. The normalized spacial score (nSPS) is 18.2. The van der Waals surface area contributed by atoms with Gasteiger partial charge in [0.05, 0.1) is 19.3 Å². The van der Waals surface area contributed by atoms with Crippen LogP contribution in [0.3, 0.4) is 0 Å². The molecule has 2 aromatic heterocycles. The summed E-state index contributed by atoms with van der Waals surface area (Å²) in [6, 6.07) is 0.831. The third-order valence-electron chi connectivity index (χ3n) is 7.09. The number of anilines is 1. The lowest BCUT2D eigenvalue weighted by molar-refractivity contribution is -0.120. The number of nitrogens with one attached hydrogen (secondary N) is 1. The van der Waals surface area contributed by atoms with Gasteiger partial charge in [0.15, 0.2) is 5.82 Å². The van der Waals surface area contributed by atoms with Crippen molar-refractivity contribution >= 4 is 23.3 Å². The van der Waals surface area contributed by atoms with Crippen LogP contribution in [-0.4, -0.2) is 43.3 Å². The second kappa shape index (κ2) is 10.7. The van der Waals surface area contributed by atoms with E-state index in [1.54, 1.807) is 30.8 Å². The first-order chi connectivity index (χ1) is 16.7. The molecule has 2 aromatic rings. The summed E-state index contributed by atoms with van der Waals surface area (Å²) >= 11 is 6.63. The molecule has 1 amide bonds. The van der Waals surface area contributed by atoms with E-state index >= 15 is 0 Å². The Morgan fingerprint density at radius 2 is 1.89 bits per heavy atom. The van der Waals surface area contributed by atoms with E-state index in [2.05, 4.69) is 15.5 Å². The number of carbonyl (C=O) groups excluding carboxylic acids is 1. The Kier molecular flexibility index (Phi) is 7.86. The van der Waals surface area contributed by atoms with Gasteiger partial charge in [0, 0.05) is 17.8 Å². The van der Waals surface area contributed by atoms with Crippen LogP contribution in [0.25, 0.3) is 0 Å². The second-order valence-corrected chi connectivity index (χ2v) is 10.9. The molecule has 9 nitrogen and oxygen atoms in total. The largest absolute Gasteiger partial charge is 0.480 e. The SMILES string of the molecule is COc1nn(C(CC2CCCC2)C(=O)Nc2ccn(CC(C)(C)O)n2)c(=O)c(Cl)c1C1CCCC1. The van der Waals surface area contributed by atoms with Gasteiger partial charge in [0.2, 0.25) is 5.88 Å². The molecule has 1 atom stereocenters. The molecular formula is C25H36ClN5O4. The predicted octanol–water partition coefficient (Wildman–Crippen LogP) is 4.29. The van der Waals surface area contributed by atoms with E-state index in [0.29, 0.717) is 29.6 Å². The summed E-state index contributed by atoms with van der Waals surface area (Å²) < 4.78 is 8.36. The summed E-state index contributed by atoms with van der Waals surface area (Å²) in [5.41, 5.74) is -0.734. The number of aliphatic hydroxyl groups is 1. The molecule has 0 aromatic carbocycles. The molecule has 2 saturated carbocycles. The number of hydrogen-bond acceptors (Lipinski definition) is 6. The number of halogens is 1. The molecule has 2 fully saturated rings. The van der Waals surface area contributed by atoms with Gasteiger partial charge in [-0.2, -0.15) is 5.10 Å². The van der Waals surface area contributed by atoms with Gasteiger partial charge in [0.25, 0.3) is 11.5 Å². The zero-order valence-electron chi connectivity index (χ0n) is 20.8. The third-order valence-corrected chi connectivity index (χ3v) is 7.45. The fourth-order valence-corrected chi connectivity index (χ4v) is 5.76. The summed E-state index contributed by atoms with van der Waals surface area (Å²) in [7, 11) is 1.52. The van der Waals surface area contributed by atoms with Gasteiger partial charge in [-0.05, 0) is 44.9 Å². The molecule has 192 valence electrons. The van der Waals surface area contributed by atoms with Crippen LogP contribution in [0.4, 0.5) is 5.82 Å². The maximum Gasteiger partial charge on any atom is 0.286 e. The molecule has 0 bridgehead atoms. The van der Waals surface area contributed by atoms with Crippen LogP contribution in [-0.2, 0) is 11.3 Å². The van der Waals surface area contributed by atoms with E-state index < -0.39 is 17.2 Å². The smallest absolute Gasteiger partial charge is 0.286 e. The molecule has 2 heterocycles. The number of carbonyl (C=O) groups is 1. The molecule has 0 spiro atoms. The first-order valence-electron chi connectivity index (χ1n) is 12.6. The van der Waals surface area contributed by atoms with E-state index in [9.17, 15) is 14.7 Å². The molecule has 0 saturated heterocycles. The minimum atomic E-state index is -0.941. The Bertz CT molecular complexity index is 1090. The number of nitrogens with zero attached hydrogens (tertiary/aromatic N) is 4. The first-order valence-corrected chi connectivity index (χ1v) is 13.0. The maximum absolute atomic E-state index is 13.5. The average Bonchev–Trinajstić information content (AvgIpc) is 3.56. The summed E-state index contributed by atoms with van der Waals surface area (Å²) in [5.74, 6) is 0.775. The van der Waals surface area contributed by atoms with Crippen molar-refractivity contribution < 1.29 is 14.6 Å². The minimum Gasteiger partial charge on any atom is -0.480 e. The molecular weight excluding hydrogens is 470 g/mol. The van der Waals surface area contributed by atoms with Gasteiger partial charge >= 0.3 is 0 Å². The minimum absolute atomic E-state index is 0.0995. The van der Waals surface area contributed by atoms with E-state index in [-0.39, 0.29) is 23.4 Å². The highest BCUT2D eigenvalue weighted by atomic mass is 35.5. The van der Waals surface area contributed by atoms with Crippen molar-refractivity contribution in [3.05, 3.63) is 33.2 Å². The van der Waals surface area contributed by atoms with Crippen LogP contribution in [0.5, 0.6) is 5.88 Å². The zero-order valence-corrected chi connectivity index (χ0v) is 21.6. The average molecular weight is 506 g/mol. The van der Waals surface area contributed by atoms with Crippen LogP contribution in [0, 0.1) is 5.92 Å². The monoisotopic (exact) mass is 505 g/mol. The molecule has 10 heteroatoms. The van der Waals surface area contributed by atoms with E-state index in [4.69, 9.17) is 16.3 Å². The van der Waals surface area contributed by atoms with Gasteiger partial charge in [-0.3, -0.25) is 14.3 Å². The van der Waals surface area contributed by atoms with Gasteiger partial charge < -0.3 is 15.2 Å². The van der Waals surface area contributed by atoms with Gasteiger partial charge in [-0.1, -0.05) is 50.1 Å². The molecule has 0 radical (unpaired) electrons. The fraction of sp³-hybridized carbons (Fsp3) is 0.680. The first kappa shape index (κ1) is 25.7. The number of ether oxygens (including phenoxy) is 1. The van der Waals surface area contributed by atoms with Gasteiger partial charge in [-0.25, -0.2) is 4.68 Å². The standard InChI is InChI=1S/C25H36ClN5O4/c1-25(2,34)15-30-13-12-19(28-30)27-22(32)18(14-16-8-4-5-9-16)31-24(33)21(26)20(23(29-31)35-3)17-10-6-7-11-17/h12-13,16-18,34H,4-11,14-15H2,1-3H3,(H,27,28,32). The van der Waals surface area contributed by atoms with Crippen molar-refractivity contribution in [3.8, 4) is 5.88 Å². The van der Waals surface area contributed by atoms with Crippen molar-refractivity contribution in [3.63, 3.8) is 0 Å². The lowest BCUT2D eigenvalue weighted by Gasteiger charge is -2.23. The molecule has 2 N–H and O–H groups in total. The number of aromatic nitrogens is 4. The van der Waals surface area contributed by atoms with Crippen molar-refractivity contribution in [2.75, 3.05) is 12.4 Å². The lowest BCUT2D eigenvalue weighted by atomic mass is 9.97. The van der Waals surface area contributed by atoms with Crippen molar-refractivity contribution in [2.45, 2.75) is 95.7 Å². The quantitative estimate of drug-likeness (QED) is 0.526. The highest BCUT2D eigenvalue weighted by molar-refractivity contribution is 6.31. The number of amides is 1. The summed E-state index contributed by atoms with van der Waals surface area (Å²) in [6.45, 7) is 3.66. The Hall–Kier alpha value is -2.39. The Balaban J connectivity index is 1.65. The Morgan fingerprint density at radius 3 is 2.51 bits per heavy atom. The summed E-state index contributed by atoms with van der Waals surface area (Å²) in [5, 5.41) is 21.9. The lowest BCUT2D eigenvalue weighted by Crippen LogP contribution is -2.37. The summed E-state index contributed by atoms with van der Waals surface area (Å²) in [6.07, 6.45) is 10.5. The fourth-order valence-electron chi connectivity index (χ4n) is 5.44. The third kappa shape index (κ3) is 6.06. The van der Waals surface area contributed by atoms with Crippen molar-refractivity contribution in [1.29, 1.82) is 0 Å². The Labute approximate surface area is 210 Å². The van der Waals surface area contributed by atoms with E-state index in [1.165, 1.54) is 11.8 Å². The van der Waals surface area contributed by atoms with E-state index in [0.717, 1.165) is 51.4 Å². The highest BCUT2D eigenvalue weighted by Crippen LogP contribution is 2.41. The highest BCUT2D eigenvalue weighted by Gasteiger charge is 2.33. The number of rotatable bonds is 9. The van der Waals surface area contributed by atoms with Crippen LogP contribution >= 0.6 is 11.6 Å². The van der Waals surface area contributed by atoms with Crippen LogP contribution in [0.15, 0.2) is 17.1 Å². The van der Waals surface area contributed by atoms with Crippen LogP contribution < -0.4 is 15.6 Å². The van der Waals surface area contributed by atoms with Crippen LogP contribution in [0.1, 0.15) is 89.2 Å².